The van der Waals surface area contributed by atoms with Gasteiger partial charge in [-0.3, -0.25) is 14.9 Å². The number of carbonyl (C=O) groups is 2. The van der Waals surface area contributed by atoms with E-state index in [4.69, 9.17) is 9.47 Å². The zero-order valence-corrected chi connectivity index (χ0v) is 14.7. The summed E-state index contributed by atoms with van der Waals surface area (Å²) in [5.74, 6) is -3.44. The minimum Gasteiger partial charge on any atom is -0.465 e. The predicted octanol–water partition coefficient (Wildman–Crippen LogP) is 2.25. The first kappa shape index (κ1) is 19.2. The second kappa shape index (κ2) is 8.32. The van der Waals surface area contributed by atoms with Crippen LogP contribution in [0.3, 0.4) is 0 Å². The molecule has 9 nitrogen and oxygen atoms in total. The van der Waals surface area contributed by atoms with Crippen molar-refractivity contribution in [3.05, 3.63) is 39.9 Å². The van der Waals surface area contributed by atoms with E-state index in [9.17, 15) is 19.7 Å². The molecule has 0 amide bonds. The maximum Gasteiger partial charge on any atom is 0.355 e. The topological polar surface area (TPSA) is 120 Å². The number of hydrogen-bond donors (Lipinski definition) is 0. The number of hydrogen-bond acceptors (Lipinski definition) is 8. The van der Waals surface area contributed by atoms with E-state index in [0.717, 1.165) is 0 Å². The molecule has 0 spiro atoms. The number of nitro benzene ring substituents is 1. The van der Waals surface area contributed by atoms with Crippen LogP contribution in [0.15, 0.2) is 34.5 Å². The fourth-order valence-electron chi connectivity index (χ4n) is 2.81. The highest BCUT2D eigenvalue weighted by Crippen LogP contribution is 2.37. The number of carbonyl (C=O) groups excluding carboxylic acids is 2. The van der Waals surface area contributed by atoms with Crippen molar-refractivity contribution in [1.29, 1.82) is 0 Å². The summed E-state index contributed by atoms with van der Waals surface area (Å²) >= 11 is 0. The van der Waals surface area contributed by atoms with Gasteiger partial charge in [-0.2, -0.15) is 5.10 Å². The standard InChI is InChI=1S/C17H19N3O6/c1-4-25-16(21)13-10(3)18-19-15(17(22)26-5-2)14(13)11-8-6-7-9-12(11)20(23)24/h6-9,13-14H,4-5H2,1-3H3. The number of rotatable bonds is 6. The average Bonchev–Trinajstić information content (AvgIpc) is 2.61. The number of nitrogens with zero attached hydrogens (tertiary/aromatic N) is 3. The molecule has 0 saturated carbocycles. The van der Waals surface area contributed by atoms with Crippen LogP contribution in [-0.4, -0.2) is 41.5 Å². The number of benzene rings is 1. The highest BCUT2D eigenvalue weighted by Gasteiger charge is 2.44. The summed E-state index contributed by atoms with van der Waals surface area (Å²) < 4.78 is 10.1. The predicted molar refractivity (Wildman–Crippen MR) is 93.1 cm³/mol. The van der Waals surface area contributed by atoms with Crippen molar-refractivity contribution < 1.29 is 24.0 Å². The maximum absolute atomic E-state index is 12.5. The summed E-state index contributed by atoms with van der Waals surface area (Å²) in [5.41, 5.74) is 0.0968. The lowest BCUT2D eigenvalue weighted by molar-refractivity contribution is -0.385. The molecule has 0 aliphatic carbocycles. The minimum absolute atomic E-state index is 0.0915. The fraction of sp³-hybridized carbons (Fsp3) is 0.412. The molecular weight excluding hydrogens is 342 g/mol. The van der Waals surface area contributed by atoms with Gasteiger partial charge in [0.25, 0.3) is 5.69 Å². The molecule has 1 aliphatic heterocycles. The molecule has 26 heavy (non-hydrogen) atoms. The van der Waals surface area contributed by atoms with Crippen LogP contribution in [0.5, 0.6) is 0 Å². The van der Waals surface area contributed by atoms with Crippen LogP contribution < -0.4 is 0 Å². The summed E-state index contributed by atoms with van der Waals surface area (Å²) in [4.78, 5) is 35.8. The van der Waals surface area contributed by atoms with Crippen LogP contribution in [0.4, 0.5) is 5.69 Å². The number of nitro groups is 1. The molecule has 9 heteroatoms. The summed E-state index contributed by atoms with van der Waals surface area (Å²) in [5, 5.41) is 19.2. The third kappa shape index (κ3) is 3.76. The average molecular weight is 361 g/mol. The Kier molecular flexibility index (Phi) is 6.16. The minimum atomic E-state index is -1.02. The van der Waals surface area contributed by atoms with Crippen LogP contribution in [0, 0.1) is 16.0 Å². The number of para-hydroxylation sites is 1. The highest BCUT2D eigenvalue weighted by molar-refractivity contribution is 6.40. The van der Waals surface area contributed by atoms with Gasteiger partial charge in [-0.05, 0) is 20.8 Å². The SMILES string of the molecule is CCOC(=O)C1=NN=C(C)C(C(=O)OCC)C1c1ccccc1[N+](=O)[O-]. The molecule has 138 valence electrons. The van der Waals surface area contributed by atoms with Gasteiger partial charge in [0.05, 0.1) is 29.8 Å². The number of ether oxygens (including phenoxy) is 2. The van der Waals surface area contributed by atoms with E-state index in [-0.39, 0.29) is 30.2 Å². The highest BCUT2D eigenvalue weighted by atomic mass is 16.6. The van der Waals surface area contributed by atoms with E-state index in [1.807, 2.05) is 0 Å². The van der Waals surface area contributed by atoms with Gasteiger partial charge in [-0.15, -0.1) is 5.10 Å². The van der Waals surface area contributed by atoms with Crippen LogP contribution in [0.25, 0.3) is 0 Å². The van der Waals surface area contributed by atoms with Crippen molar-refractivity contribution >= 4 is 29.0 Å². The molecule has 2 atom stereocenters. The molecule has 1 aromatic rings. The maximum atomic E-state index is 12.5. The van der Waals surface area contributed by atoms with E-state index < -0.39 is 28.7 Å². The summed E-state index contributed by atoms with van der Waals surface area (Å²) in [6.45, 7) is 5.05. The monoisotopic (exact) mass is 361 g/mol. The first-order valence-corrected chi connectivity index (χ1v) is 8.11. The van der Waals surface area contributed by atoms with Crippen molar-refractivity contribution in [3.8, 4) is 0 Å². The second-order valence-corrected chi connectivity index (χ2v) is 5.47. The Morgan fingerprint density at radius 2 is 1.81 bits per heavy atom. The van der Waals surface area contributed by atoms with Crippen LogP contribution in [0.1, 0.15) is 32.3 Å². The normalized spacial score (nSPS) is 19.2. The molecule has 0 fully saturated rings. The van der Waals surface area contributed by atoms with Crippen molar-refractivity contribution in [2.45, 2.75) is 26.7 Å². The largest absolute Gasteiger partial charge is 0.465 e. The van der Waals surface area contributed by atoms with Crippen LogP contribution in [0.2, 0.25) is 0 Å². The molecule has 0 bridgehead atoms. The van der Waals surface area contributed by atoms with Crippen molar-refractivity contribution in [1.82, 2.24) is 0 Å². The summed E-state index contributed by atoms with van der Waals surface area (Å²) in [6.07, 6.45) is 0. The quantitative estimate of drug-likeness (QED) is 0.435. The van der Waals surface area contributed by atoms with Crippen molar-refractivity contribution in [2.75, 3.05) is 13.2 Å². The van der Waals surface area contributed by atoms with Gasteiger partial charge in [0.1, 0.15) is 5.92 Å². The van der Waals surface area contributed by atoms with E-state index in [1.54, 1.807) is 26.8 Å². The molecule has 0 saturated heterocycles. The van der Waals surface area contributed by atoms with E-state index in [0.29, 0.717) is 5.71 Å². The Bertz CT molecular complexity index is 786. The zero-order chi connectivity index (χ0) is 19.3. The molecule has 0 radical (unpaired) electrons. The Hall–Kier alpha value is -3.10. The van der Waals surface area contributed by atoms with Gasteiger partial charge < -0.3 is 9.47 Å². The van der Waals surface area contributed by atoms with Gasteiger partial charge in [0.2, 0.25) is 0 Å². The molecule has 1 aliphatic rings. The first-order chi connectivity index (χ1) is 12.4. The van der Waals surface area contributed by atoms with Gasteiger partial charge in [-0.25, -0.2) is 4.79 Å². The van der Waals surface area contributed by atoms with E-state index in [1.165, 1.54) is 18.2 Å². The Morgan fingerprint density at radius 3 is 2.42 bits per heavy atom. The van der Waals surface area contributed by atoms with Gasteiger partial charge in [0, 0.05) is 11.6 Å². The number of esters is 2. The van der Waals surface area contributed by atoms with Gasteiger partial charge in [-0.1, -0.05) is 18.2 Å². The molecule has 0 N–H and O–H groups in total. The van der Waals surface area contributed by atoms with Crippen LogP contribution >= 0.6 is 0 Å². The lowest BCUT2D eigenvalue weighted by Crippen LogP contribution is -2.40. The zero-order valence-electron chi connectivity index (χ0n) is 14.7. The van der Waals surface area contributed by atoms with Gasteiger partial charge in [0.15, 0.2) is 5.71 Å². The molecular formula is C17H19N3O6. The first-order valence-electron chi connectivity index (χ1n) is 8.11. The lowest BCUT2D eigenvalue weighted by Gasteiger charge is -2.28. The van der Waals surface area contributed by atoms with Crippen molar-refractivity contribution in [2.24, 2.45) is 16.1 Å². The molecule has 2 rings (SSSR count). The van der Waals surface area contributed by atoms with Crippen molar-refractivity contribution in [3.63, 3.8) is 0 Å². The molecule has 1 aromatic carbocycles. The smallest absolute Gasteiger partial charge is 0.355 e. The van der Waals surface area contributed by atoms with Crippen LogP contribution in [-0.2, 0) is 19.1 Å². The molecule has 1 heterocycles. The Balaban J connectivity index is 2.64. The Morgan fingerprint density at radius 1 is 1.15 bits per heavy atom. The fourth-order valence-corrected chi connectivity index (χ4v) is 2.81. The molecule has 2 unspecified atom stereocenters. The van der Waals surface area contributed by atoms with E-state index in [2.05, 4.69) is 10.2 Å². The molecule has 0 aromatic heterocycles. The second-order valence-electron chi connectivity index (χ2n) is 5.47. The summed E-state index contributed by atoms with van der Waals surface area (Å²) in [6, 6.07) is 5.89. The third-order valence-corrected chi connectivity index (χ3v) is 3.89. The lowest BCUT2D eigenvalue weighted by atomic mass is 9.78. The van der Waals surface area contributed by atoms with E-state index >= 15 is 0 Å². The summed E-state index contributed by atoms with van der Waals surface area (Å²) in [7, 11) is 0. The van der Waals surface area contributed by atoms with Gasteiger partial charge >= 0.3 is 11.9 Å². The Labute approximate surface area is 149 Å². The third-order valence-electron chi connectivity index (χ3n) is 3.89.